The fourth-order valence-electron chi connectivity index (χ4n) is 14.3. The van der Waals surface area contributed by atoms with E-state index in [1.165, 1.54) is 164 Å². The molecule has 8 unspecified atom stereocenters. The van der Waals surface area contributed by atoms with Crippen molar-refractivity contribution in [2.24, 2.45) is 0 Å². The van der Waals surface area contributed by atoms with E-state index in [-0.39, 0.29) is 33.4 Å². The highest BCUT2D eigenvalue weighted by Gasteiger charge is 2.65. The van der Waals surface area contributed by atoms with Crippen LogP contribution in [-0.2, 0) is 129 Å². The number of methoxy groups -OCH3 is 2. The summed E-state index contributed by atoms with van der Waals surface area (Å²) in [6.07, 6.45) is -41.3. The predicted octanol–water partition coefficient (Wildman–Crippen LogP) is 7.15. The van der Waals surface area contributed by atoms with Gasteiger partial charge in [0.05, 0.1) is 54.2 Å². The maximum atomic E-state index is 15.3. The minimum atomic E-state index is -5.98. The SMILES string of the molecule is C=CCO[C@@H]1OC(COC(=O)c2ccccc2)[C@H](OS(=O)(=O)O)[C@H](O[C@@H]2OC(C(=O)OC)[C@@H](O[C@@H]3OC(COC(=O)c4ccccc4)[C@H](OS(=O)(=O)O)[C@H](O[C@@H]4OC(C(=O)OC)[C@@H](O[Si](C)(C(C)(C)C)C(C)(C)C)[C@H](OC(=O)c5ccccc5)C4OC(=O)c4ccccc4)C3NC(C)=O)[C@H](OC(=O)c3ccccc3)C2OC(=O)c2ccccc2)C1NC(C)=O. The molecule has 6 aromatic rings. The van der Waals surface area contributed by atoms with Gasteiger partial charge < -0.3 is 90.8 Å². The average Bonchev–Trinajstić information content (AvgIpc) is 0.759. The van der Waals surface area contributed by atoms with Gasteiger partial charge in [-0.3, -0.25) is 18.7 Å². The molecular weight excluding hydrogens is 1690 g/mol. The first kappa shape index (κ1) is 95.6. The summed E-state index contributed by atoms with van der Waals surface area (Å²) in [6.45, 7) is 15.9. The van der Waals surface area contributed by atoms with Gasteiger partial charge >= 0.3 is 68.6 Å². The molecule has 10 rings (SSSR count). The minimum Gasteiger partial charge on any atom is -0.467 e. The van der Waals surface area contributed by atoms with Crippen molar-refractivity contribution >= 4 is 88.7 Å². The van der Waals surface area contributed by atoms with Crippen LogP contribution in [0.15, 0.2) is 195 Å². The van der Waals surface area contributed by atoms with E-state index in [1.54, 1.807) is 24.3 Å². The molecule has 0 bridgehead atoms. The third-order valence-corrected chi connectivity index (χ3v) is 28.0. The molecule has 0 aliphatic carbocycles. The average molecular weight is 1790 g/mol. The number of rotatable bonds is 33. The zero-order valence-corrected chi connectivity index (χ0v) is 71.6. The minimum absolute atomic E-state index is 0.0342. The van der Waals surface area contributed by atoms with Crippen LogP contribution in [0.1, 0.15) is 118 Å². The topological polar surface area (TPSA) is 479 Å². The predicted molar refractivity (Wildman–Crippen MR) is 429 cm³/mol. The molecule has 4 heterocycles. The molecule has 124 heavy (non-hydrogen) atoms. The Labute approximate surface area is 715 Å². The fraction of sp³-hybridized carbons (Fsp3) is 0.429. The van der Waals surface area contributed by atoms with E-state index in [4.69, 9.17) is 88.6 Å². The first-order chi connectivity index (χ1) is 58.7. The van der Waals surface area contributed by atoms with Crippen molar-refractivity contribution in [1.29, 1.82) is 0 Å². The number of carbonyl (C=O) groups excluding carboxylic acids is 10. The number of benzene rings is 6. The molecule has 4 saturated heterocycles. The summed E-state index contributed by atoms with van der Waals surface area (Å²) < 4.78 is 195. The molecule has 2 amide bonds. The van der Waals surface area contributed by atoms with Gasteiger partial charge in [0.15, 0.2) is 61.8 Å². The monoisotopic (exact) mass is 1780 g/mol. The van der Waals surface area contributed by atoms with Gasteiger partial charge in [-0.05, 0) is 89.4 Å². The Bertz CT molecular complexity index is 4920. The van der Waals surface area contributed by atoms with Crippen LogP contribution < -0.4 is 10.6 Å². The highest BCUT2D eigenvalue weighted by molar-refractivity contribution is 7.81. The van der Waals surface area contributed by atoms with Gasteiger partial charge in [-0.2, -0.15) is 16.8 Å². The van der Waals surface area contributed by atoms with Gasteiger partial charge in [0, 0.05) is 13.8 Å². The second-order valence-corrected chi connectivity index (χ2v) is 38.2. The Balaban J connectivity index is 1.21. The molecule has 668 valence electrons. The molecule has 4 N–H and O–H groups in total. The Morgan fingerprint density at radius 1 is 0.403 bits per heavy atom. The van der Waals surface area contributed by atoms with E-state index in [2.05, 4.69) is 17.2 Å². The van der Waals surface area contributed by atoms with Crippen molar-refractivity contribution < 1.29 is 162 Å². The van der Waals surface area contributed by atoms with E-state index < -0.39 is 241 Å². The lowest BCUT2D eigenvalue weighted by atomic mass is 9.93. The summed E-state index contributed by atoms with van der Waals surface area (Å²) in [4.78, 5) is 147. The third-order valence-electron chi connectivity index (χ3n) is 20.6. The summed E-state index contributed by atoms with van der Waals surface area (Å²) in [5.41, 5.74) is -1.05. The van der Waals surface area contributed by atoms with Gasteiger partial charge in [-0.1, -0.05) is 157 Å². The summed E-state index contributed by atoms with van der Waals surface area (Å²) in [7, 11) is -13.6. The zero-order chi connectivity index (χ0) is 90.2. The van der Waals surface area contributed by atoms with Gasteiger partial charge in [0.1, 0.15) is 74.1 Å². The first-order valence-corrected chi connectivity index (χ1v) is 43.8. The Kier molecular flexibility index (Phi) is 32.3. The quantitative estimate of drug-likeness (QED) is 0.0104. The van der Waals surface area contributed by atoms with Crippen LogP contribution in [0.5, 0.6) is 0 Å². The Morgan fingerprint density at radius 3 is 1.00 bits per heavy atom. The zero-order valence-electron chi connectivity index (χ0n) is 69.0. The standard InChI is InChI=1S/C84H96N2O35S2Si/c1-13-44-105-79-57(85-47(2)87)61(59(119-122(97,98)99)55(108-79)45-106-71(89)49-32-20-14-21-33-49)114-81-69(112-75(93)53-40-28-18-29-41-53)64(110-73(91)51-36-24-16-25-37-51)63(67(117-81)77(95)103-10)116-80-58(86-48(3)88)62(60(120-123(100,101)102)56(109-80)46-107-72(90)50-34-22-15-23-35-50)115-82-70(113-76(94)54-42-30-19-31-43-54)65(111-74(92)52-38-26-17-27-39-52)66(68(118-82)78(96)104-11)121-124(12,83(4,5)6)84(7,8)9/h13-43,55-70,79-82H,1,44-46H2,2-12H3,(H,85,87)(H,86,88)(H,97,98,99)(H,100,101,102)/t55?,56?,57?,58?,59-,60-,61+,62+,63-,64-,65-,66-,67?,68?,69?,70?,79+,80-,81+,82+/m0/s1. The van der Waals surface area contributed by atoms with Crippen LogP contribution in [0.3, 0.4) is 0 Å². The normalized spacial score (nSPS) is 26.6. The molecule has 4 aliphatic heterocycles. The van der Waals surface area contributed by atoms with Crippen molar-refractivity contribution in [3.63, 3.8) is 0 Å². The Morgan fingerprint density at radius 2 is 0.694 bits per heavy atom. The molecule has 4 aliphatic rings. The van der Waals surface area contributed by atoms with Crippen LogP contribution >= 0.6 is 0 Å². The molecule has 20 atom stereocenters. The van der Waals surface area contributed by atoms with E-state index >= 15 is 28.8 Å². The first-order valence-electron chi connectivity index (χ1n) is 38.7. The summed E-state index contributed by atoms with van der Waals surface area (Å²) in [5.74, 6) is -12.1. The summed E-state index contributed by atoms with van der Waals surface area (Å²) in [6, 6.07) is 38.1. The molecule has 0 radical (unpaired) electrons. The van der Waals surface area contributed by atoms with Gasteiger partial charge in [-0.25, -0.2) is 46.7 Å². The van der Waals surface area contributed by atoms with Crippen molar-refractivity contribution in [1.82, 2.24) is 10.6 Å². The molecule has 0 saturated carbocycles. The van der Waals surface area contributed by atoms with E-state index in [0.29, 0.717) is 0 Å². The lowest BCUT2D eigenvalue weighted by Crippen LogP contribution is -2.72. The van der Waals surface area contributed by atoms with Crippen LogP contribution in [0.2, 0.25) is 16.6 Å². The molecule has 6 aromatic carbocycles. The summed E-state index contributed by atoms with van der Waals surface area (Å²) in [5, 5.41) is 3.42. The molecule has 37 nitrogen and oxygen atoms in total. The molecule has 4 fully saturated rings. The highest BCUT2D eigenvalue weighted by atomic mass is 32.3. The molecular formula is C84H96N2O35S2Si. The smallest absolute Gasteiger partial charge is 0.397 e. The van der Waals surface area contributed by atoms with E-state index in [1.807, 2.05) is 48.1 Å². The van der Waals surface area contributed by atoms with Gasteiger partial charge in [-0.15, -0.1) is 6.58 Å². The maximum absolute atomic E-state index is 15.3. The third kappa shape index (κ3) is 24.3. The Hall–Kier alpha value is -10.6. The highest BCUT2D eigenvalue weighted by Crippen LogP contribution is 2.54. The lowest BCUT2D eigenvalue weighted by molar-refractivity contribution is -0.366. The number of hydrogen-bond acceptors (Lipinski definition) is 33. The number of esters is 8. The largest absolute Gasteiger partial charge is 0.467 e. The van der Waals surface area contributed by atoms with Crippen LogP contribution in [0.4, 0.5) is 0 Å². The lowest BCUT2D eigenvalue weighted by Gasteiger charge is -2.54. The maximum Gasteiger partial charge on any atom is 0.397 e. The number of ether oxygens (including phenoxy) is 16. The molecule has 0 aromatic heterocycles. The van der Waals surface area contributed by atoms with Gasteiger partial charge in [0.25, 0.3) is 0 Å². The summed E-state index contributed by atoms with van der Waals surface area (Å²) >= 11 is 0. The van der Waals surface area contributed by atoms with Crippen molar-refractivity contribution in [3.8, 4) is 0 Å². The van der Waals surface area contributed by atoms with Crippen LogP contribution in [0, 0.1) is 0 Å². The molecule has 40 heteroatoms. The van der Waals surface area contributed by atoms with Crippen molar-refractivity contribution in [3.05, 3.63) is 228 Å². The number of carbonyl (C=O) groups is 10. The van der Waals surface area contributed by atoms with Crippen LogP contribution in [-0.4, -0.2) is 251 Å². The van der Waals surface area contributed by atoms with Crippen molar-refractivity contribution in [2.75, 3.05) is 34.0 Å². The van der Waals surface area contributed by atoms with Crippen LogP contribution in [0.25, 0.3) is 0 Å². The van der Waals surface area contributed by atoms with Gasteiger partial charge in [0.2, 0.25) is 20.1 Å². The fourth-order valence-corrected chi connectivity index (χ4v) is 19.1. The number of hydrogen-bond donors (Lipinski definition) is 4. The second-order valence-electron chi connectivity index (χ2n) is 30.8. The number of amides is 2. The number of nitrogens with one attached hydrogen (secondary N) is 2. The van der Waals surface area contributed by atoms with E-state index in [0.717, 1.165) is 28.1 Å². The molecule has 0 spiro atoms. The van der Waals surface area contributed by atoms with Crippen molar-refractivity contribution in [2.45, 2.75) is 195 Å². The van der Waals surface area contributed by atoms with E-state index in [9.17, 15) is 45.1 Å². The second kappa shape index (κ2) is 41.9.